The van der Waals surface area contributed by atoms with Crippen molar-refractivity contribution in [3.63, 3.8) is 0 Å². The van der Waals surface area contributed by atoms with Crippen molar-refractivity contribution in [2.45, 2.75) is 25.8 Å². The van der Waals surface area contributed by atoms with E-state index >= 15 is 0 Å². The molecular formula is C9H14N4O2. The number of hydrogen-bond acceptors (Lipinski definition) is 5. The summed E-state index contributed by atoms with van der Waals surface area (Å²) in [4.78, 5) is 17.4. The molecule has 1 saturated heterocycles. The molecule has 1 aromatic rings. The second-order valence-electron chi connectivity index (χ2n) is 3.78. The standard InChI is InChI=1S/C9H14N4O2/c1-6-11-8(15-12-6)9(14)13-4-2-7(10)3-5-13/h7H,2-5,10H2,1H3. The van der Waals surface area contributed by atoms with Gasteiger partial charge in [0.05, 0.1) is 0 Å². The maximum absolute atomic E-state index is 11.8. The number of piperidine rings is 1. The lowest BCUT2D eigenvalue weighted by Crippen LogP contribution is -2.42. The number of nitrogens with two attached hydrogens (primary N) is 1. The number of amides is 1. The van der Waals surface area contributed by atoms with E-state index in [4.69, 9.17) is 10.3 Å². The summed E-state index contributed by atoms with van der Waals surface area (Å²) in [6.07, 6.45) is 1.66. The predicted octanol–water partition coefficient (Wildman–Crippen LogP) is -0.0587. The third kappa shape index (κ3) is 2.15. The van der Waals surface area contributed by atoms with Gasteiger partial charge in [0.25, 0.3) is 0 Å². The van der Waals surface area contributed by atoms with Crippen LogP contribution in [0.25, 0.3) is 0 Å². The van der Waals surface area contributed by atoms with Crippen molar-refractivity contribution in [2.24, 2.45) is 5.73 Å². The summed E-state index contributed by atoms with van der Waals surface area (Å²) in [6.45, 7) is 3.02. The predicted molar refractivity (Wildman–Crippen MR) is 52.1 cm³/mol. The zero-order valence-corrected chi connectivity index (χ0v) is 8.64. The Balaban J connectivity index is 2.02. The molecule has 0 radical (unpaired) electrons. The highest BCUT2D eigenvalue weighted by atomic mass is 16.5. The first kappa shape index (κ1) is 10.1. The van der Waals surface area contributed by atoms with E-state index in [2.05, 4.69) is 10.1 Å². The third-order valence-corrected chi connectivity index (χ3v) is 2.54. The molecule has 2 N–H and O–H groups in total. The summed E-state index contributed by atoms with van der Waals surface area (Å²) in [5.41, 5.74) is 5.75. The number of nitrogens with zero attached hydrogens (tertiary/aromatic N) is 3. The Bertz CT molecular complexity index is 355. The van der Waals surface area contributed by atoms with E-state index in [0.29, 0.717) is 18.9 Å². The highest BCUT2D eigenvalue weighted by Gasteiger charge is 2.25. The van der Waals surface area contributed by atoms with Crippen LogP contribution >= 0.6 is 0 Å². The highest BCUT2D eigenvalue weighted by molar-refractivity contribution is 5.89. The fourth-order valence-corrected chi connectivity index (χ4v) is 1.62. The minimum absolute atomic E-state index is 0.0722. The molecule has 1 aromatic heterocycles. The van der Waals surface area contributed by atoms with Gasteiger partial charge in [-0.15, -0.1) is 0 Å². The van der Waals surface area contributed by atoms with Crippen molar-refractivity contribution < 1.29 is 9.32 Å². The van der Waals surface area contributed by atoms with Gasteiger partial charge in [0.15, 0.2) is 5.82 Å². The van der Waals surface area contributed by atoms with Gasteiger partial charge in [0, 0.05) is 19.1 Å². The first-order valence-electron chi connectivity index (χ1n) is 5.02. The number of carbonyl (C=O) groups is 1. The Morgan fingerprint density at radius 3 is 2.73 bits per heavy atom. The quantitative estimate of drug-likeness (QED) is 0.702. The average molecular weight is 210 g/mol. The highest BCUT2D eigenvalue weighted by Crippen LogP contribution is 2.11. The van der Waals surface area contributed by atoms with Crippen LogP contribution in [0.15, 0.2) is 4.52 Å². The van der Waals surface area contributed by atoms with Crippen LogP contribution in [-0.4, -0.2) is 40.1 Å². The Hall–Kier alpha value is -1.43. The Kier molecular flexibility index (Phi) is 2.68. The lowest BCUT2D eigenvalue weighted by molar-refractivity contribution is 0.0664. The van der Waals surface area contributed by atoms with E-state index in [-0.39, 0.29) is 17.8 Å². The van der Waals surface area contributed by atoms with Gasteiger partial charge in [-0.05, 0) is 19.8 Å². The van der Waals surface area contributed by atoms with Gasteiger partial charge in [0.1, 0.15) is 0 Å². The van der Waals surface area contributed by atoms with Crippen molar-refractivity contribution in [1.29, 1.82) is 0 Å². The maximum Gasteiger partial charge on any atom is 0.316 e. The van der Waals surface area contributed by atoms with E-state index in [0.717, 1.165) is 12.8 Å². The zero-order valence-electron chi connectivity index (χ0n) is 8.64. The number of hydrogen-bond donors (Lipinski definition) is 1. The molecule has 0 spiro atoms. The second kappa shape index (κ2) is 3.98. The molecule has 0 unspecified atom stereocenters. The molecule has 0 aliphatic carbocycles. The van der Waals surface area contributed by atoms with E-state index in [1.807, 2.05) is 0 Å². The number of rotatable bonds is 1. The van der Waals surface area contributed by atoms with E-state index < -0.39 is 0 Å². The third-order valence-electron chi connectivity index (χ3n) is 2.54. The largest absolute Gasteiger partial charge is 0.334 e. The number of aryl methyl sites for hydroxylation is 1. The molecule has 2 rings (SSSR count). The van der Waals surface area contributed by atoms with Crippen molar-refractivity contribution in [2.75, 3.05) is 13.1 Å². The van der Waals surface area contributed by atoms with Crippen LogP contribution in [-0.2, 0) is 0 Å². The number of carbonyl (C=O) groups excluding carboxylic acids is 1. The fraction of sp³-hybridized carbons (Fsp3) is 0.667. The molecule has 1 aliphatic rings. The minimum Gasteiger partial charge on any atom is -0.334 e. The van der Waals surface area contributed by atoms with Crippen molar-refractivity contribution >= 4 is 5.91 Å². The van der Waals surface area contributed by atoms with Gasteiger partial charge >= 0.3 is 11.8 Å². The molecule has 1 fully saturated rings. The first-order valence-corrected chi connectivity index (χ1v) is 5.02. The molecule has 0 atom stereocenters. The molecule has 6 nitrogen and oxygen atoms in total. The molecule has 1 amide bonds. The van der Waals surface area contributed by atoms with E-state index in [1.54, 1.807) is 11.8 Å². The summed E-state index contributed by atoms with van der Waals surface area (Å²) in [5, 5.41) is 3.59. The normalized spacial score (nSPS) is 18.1. The Morgan fingerprint density at radius 2 is 2.20 bits per heavy atom. The molecule has 0 aromatic carbocycles. The van der Waals surface area contributed by atoms with Gasteiger partial charge < -0.3 is 15.2 Å². The van der Waals surface area contributed by atoms with Gasteiger partial charge in [-0.2, -0.15) is 4.98 Å². The van der Waals surface area contributed by atoms with Crippen molar-refractivity contribution in [1.82, 2.24) is 15.0 Å². The van der Waals surface area contributed by atoms with Gasteiger partial charge in [0.2, 0.25) is 0 Å². The monoisotopic (exact) mass is 210 g/mol. The zero-order chi connectivity index (χ0) is 10.8. The Morgan fingerprint density at radius 1 is 1.53 bits per heavy atom. The topological polar surface area (TPSA) is 85.2 Å². The number of likely N-dealkylation sites (tertiary alicyclic amines) is 1. The Labute approximate surface area is 87.4 Å². The average Bonchev–Trinajstić information content (AvgIpc) is 2.65. The summed E-state index contributed by atoms with van der Waals surface area (Å²) < 4.78 is 4.82. The lowest BCUT2D eigenvalue weighted by atomic mass is 10.1. The van der Waals surface area contributed by atoms with E-state index in [9.17, 15) is 4.79 Å². The van der Waals surface area contributed by atoms with Crippen LogP contribution in [0.2, 0.25) is 0 Å². The number of aromatic nitrogens is 2. The van der Waals surface area contributed by atoms with Gasteiger partial charge in [-0.25, -0.2) is 0 Å². The summed E-state index contributed by atoms with van der Waals surface area (Å²) in [7, 11) is 0. The molecule has 0 saturated carbocycles. The van der Waals surface area contributed by atoms with Crippen LogP contribution in [0.1, 0.15) is 29.4 Å². The van der Waals surface area contributed by atoms with Crippen LogP contribution in [0.4, 0.5) is 0 Å². The summed E-state index contributed by atoms with van der Waals surface area (Å²) in [6, 6.07) is 0.207. The van der Waals surface area contributed by atoms with Crippen LogP contribution < -0.4 is 5.73 Å². The van der Waals surface area contributed by atoms with Gasteiger partial charge in [-0.1, -0.05) is 5.16 Å². The molecular weight excluding hydrogens is 196 g/mol. The molecule has 6 heteroatoms. The molecule has 82 valence electrons. The summed E-state index contributed by atoms with van der Waals surface area (Å²) >= 11 is 0. The first-order chi connectivity index (χ1) is 7.16. The molecule has 1 aliphatic heterocycles. The van der Waals surface area contributed by atoms with E-state index in [1.165, 1.54) is 0 Å². The lowest BCUT2D eigenvalue weighted by Gasteiger charge is -2.28. The summed E-state index contributed by atoms with van der Waals surface area (Å²) in [5.74, 6) is 0.359. The van der Waals surface area contributed by atoms with Crippen LogP contribution in [0.5, 0.6) is 0 Å². The van der Waals surface area contributed by atoms with Crippen LogP contribution in [0.3, 0.4) is 0 Å². The molecule has 2 heterocycles. The van der Waals surface area contributed by atoms with Crippen LogP contribution in [0, 0.1) is 6.92 Å². The molecule has 15 heavy (non-hydrogen) atoms. The SMILES string of the molecule is Cc1noc(C(=O)N2CCC(N)CC2)n1. The smallest absolute Gasteiger partial charge is 0.316 e. The van der Waals surface area contributed by atoms with Gasteiger partial charge in [-0.3, -0.25) is 4.79 Å². The minimum atomic E-state index is -0.192. The molecule has 0 bridgehead atoms. The maximum atomic E-state index is 11.8. The van der Waals surface area contributed by atoms with Crippen molar-refractivity contribution in [3.8, 4) is 0 Å². The van der Waals surface area contributed by atoms with Crippen molar-refractivity contribution in [3.05, 3.63) is 11.7 Å². The second-order valence-corrected chi connectivity index (χ2v) is 3.78. The fourth-order valence-electron chi connectivity index (χ4n) is 1.62.